The SMILES string of the molecule is CC.CC.CC.CC.Cc1cc(C)n2ncnc(N)c12. The van der Waals surface area contributed by atoms with Crippen LogP contribution in [0.3, 0.4) is 0 Å². The third-order valence-electron chi connectivity index (χ3n) is 1.95. The van der Waals surface area contributed by atoms with E-state index in [9.17, 15) is 0 Å². The quantitative estimate of drug-likeness (QED) is 0.737. The summed E-state index contributed by atoms with van der Waals surface area (Å²) in [7, 11) is 0. The Bertz CT molecular complexity index is 433. The maximum atomic E-state index is 5.70. The van der Waals surface area contributed by atoms with Crippen LogP contribution in [0.4, 0.5) is 5.82 Å². The number of anilines is 1. The highest BCUT2D eigenvalue weighted by Crippen LogP contribution is 2.17. The zero-order valence-corrected chi connectivity index (χ0v) is 15.1. The van der Waals surface area contributed by atoms with E-state index < -0.39 is 0 Å². The number of aromatic nitrogens is 3. The first-order chi connectivity index (χ1) is 9.70. The summed E-state index contributed by atoms with van der Waals surface area (Å²) in [4.78, 5) is 3.93. The lowest BCUT2D eigenvalue weighted by atomic mass is 10.3. The summed E-state index contributed by atoms with van der Waals surface area (Å²) in [6, 6.07) is 2.04. The molecule has 2 N–H and O–H groups in total. The first-order valence-electron chi connectivity index (χ1n) is 7.75. The van der Waals surface area contributed by atoms with Crippen LogP contribution < -0.4 is 5.73 Å². The van der Waals surface area contributed by atoms with E-state index in [-0.39, 0.29) is 0 Å². The van der Waals surface area contributed by atoms with Crippen molar-refractivity contribution in [3.8, 4) is 0 Å². The molecular formula is C16H34N4. The van der Waals surface area contributed by atoms with Gasteiger partial charge in [-0.05, 0) is 25.5 Å². The van der Waals surface area contributed by atoms with Crippen LogP contribution in [0.5, 0.6) is 0 Å². The Morgan fingerprint density at radius 3 is 1.75 bits per heavy atom. The molecule has 0 radical (unpaired) electrons. The van der Waals surface area contributed by atoms with Crippen LogP contribution in [-0.4, -0.2) is 14.6 Å². The van der Waals surface area contributed by atoms with E-state index >= 15 is 0 Å². The zero-order chi connectivity index (χ0) is 16.7. The molecule has 4 nitrogen and oxygen atoms in total. The fraction of sp³-hybridized carbons (Fsp3) is 0.625. The van der Waals surface area contributed by atoms with Gasteiger partial charge < -0.3 is 5.73 Å². The van der Waals surface area contributed by atoms with Crippen LogP contribution in [0, 0.1) is 13.8 Å². The molecule has 0 fully saturated rings. The van der Waals surface area contributed by atoms with Gasteiger partial charge in [0.25, 0.3) is 0 Å². The molecule has 0 bridgehead atoms. The molecule has 0 saturated heterocycles. The normalized spacial score (nSPS) is 7.70. The summed E-state index contributed by atoms with van der Waals surface area (Å²) < 4.78 is 1.80. The van der Waals surface area contributed by atoms with Gasteiger partial charge in [-0.2, -0.15) is 5.10 Å². The number of fused-ring (bicyclic) bond motifs is 1. The van der Waals surface area contributed by atoms with Gasteiger partial charge in [0.15, 0.2) is 5.82 Å². The molecule has 0 unspecified atom stereocenters. The fourth-order valence-electron chi connectivity index (χ4n) is 1.45. The summed E-state index contributed by atoms with van der Waals surface area (Å²) in [5, 5.41) is 4.09. The minimum Gasteiger partial charge on any atom is -0.382 e. The molecule has 0 aliphatic rings. The molecule has 0 amide bonds. The zero-order valence-electron chi connectivity index (χ0n) is 15.1. The highest BCUT2D eigenvalue weighted by Gasteiger charge is 2.06. The number of aryl methyl sites for hydroxylation is 2. The monoisotopic (exact) mass is 282 g/mol. The fourth-order valence-corrected chi connectivity index (χ4v) is 1.45. The maximum absolute atomic E-state index is 5.70. The molecule has 0 aliphatic carbocycles. The van der Waals surface area contributed by atoms with Crippen molar-refractivity contribution in [3.05, 3.63) is 23.7 Å². The van der Waals surface area contributed by atoms with Gasteiger partial charge in [0.05, 0.1) is 0 Å². The predicted octanol–water partition coefficient (Wildman–Crippen LogP) is 5.03. The topological polar surface area (TPSA) is 56.2 Å². The van der Waals surface area contributed by atoms with E-state index in [1.165, 1.54) is 6.33 Å². The molecule has 2 aromatic heterocycles. The van der Waals surface area contributed by atoms with Gasteiger partial charge in [0.2, 0.25) is 0 Å². The lowest BCUT2D eigenvalue weighted by Crippen LogP contribution is -2.00. The molecule has 2 rings (SSSR count). The number of rotatable bonds is 0. The highest BCUT2D eigenvalue weighted by molar-refractivity contribution is 5.70. The molecule has 0 aromatic carbocycles. The lowest BCUT2D eigenvalue weighted by Gasteiger charge is -1.98. The van der Waals surface area contributed by atoms with E-state index in [0.29, 0.717) is 5.82 Å². The second kappa shape index (κ2) is 15.5. The molecule has 4 heteroatoms. The number of nitrogen functional groups attached to an aromatic ring is 1. The maximum Gasteiger partial charge on any atom is 0.151 e. The standard InChI is InChI=1S/C8H10N4.4C2H6/c1-5-3-6(2)12-7(5)8(9)10-4-11-12;4*1-2/h3-4H,1-2H3,(H2,9,10,11);4*1-2H3. The van der Waals surface area contributed by atoms with Gasteiger partial charge >= 0.3 is 0 Å². The van der Waals surface area contributed by atoms with Crippen LogP contribution >= 0.6 is 0 Å². The van der Waals surface area contributed by atoms with Gasteiger partial charge in [-0.25, -0.2) is 9.50 Å². The predicted molar refractivity (Wildman–Crippen MR) is 92.3 cm³/mol. The van der Waals surface area contributed by atoms with Crippen molar-refractivity contribution < 1.29 is 0 Å². The molecule has 2 heterocycles. The minimum atomic E-state index is 0.538. The Kier molecular flexibility index (Phi) is 18.2. The van der Waals surface area contributed by atoms with Crippen LogP contribution in [0.1, 0.15) is 66.6 Å². The van der Waals surface area contributed by atoms with E-state index in [1.54, 1.807) is 4.52 Å². The van der Waals surface area contributed by atoms with E-state index in [2.05, 4.69) is 10.1 Å². The molecule has 0 saturated carbocycles. The molecule has 0 spiro atoms. The van der Waals surface area contributed by atoms with Crippen LogP contribution in [0.25, 0.3) is 5.52 Å². The third-order valence-corrected chi connectivity index (χ3v) is 1.95. The number of hydrogen-bond acceptors (Lipinski definition) is 3. The average molecular weight is 282 g/mol. The highest BCUT2D eigenvalue weighted by atomic mass is 15.2. The smallest absolute Gasteiger partial charge is 0.151 e. The van der Waals surface area contributed by atoms with Crippen LogP contribution in [0.2, 0.25) is 0 Å². The molecule has 0 aliphatic heterocycles. The second-order valence-electron chi connectivity index (χ2n) is 2.87. The Morgan fingerprint density at radius 1 is 0.900 bits per heavy atom. The van der Waals surface area contributed by atoms with Crippen molar-refractivity contribution >= 4 is 11.3 Å². The van der Waals surface area contributed by atoms with Crippen molar-refractivity contribution in [2.45, 2.75) is 69.2 Å². The molecule has 0 atom stereocenters. The van der Waals surface area contributed by atoms with Crippen LogP contribution in [0.15, 0.2) is 12.4 Å². The molecular weight excluding hydrogens is 248 g/mol. The average Bonchev–Trinajstić information content (AvgIpc) is 2.83. The summed E-state index contributed by atoms with van der Waals surface area (Å²) in [5.74, 6) is 0.538. The second-order valence-corrected chi connectivity index (χ2v) is 2.87. The Labute approximate surface area is 125 Å². The van der Waals surface area contributed by atoms with E-state index in [1.807, 2.05) is 75.3 Å². The summed E-state index contributed by atoms with van der Waals surface area (Å²) in [5.41, 5.74) is 8.81. The Balaban J connectivity index is -0.000000314. The number of nitrogens with two attached hydrogens (primary N) is 1. The van der Waals surface area contributed by atoms with Gasteiger partial charge in [-0.15, -0.1) is 0 Å². The summed E-state index contributed by atoms with van der Waals surface area (Å²) in [6.45, 7) is 20.0. The van der Waals surface area contributed by atoms with Crippen molar-refractivity contribution in [2.75, 3.05) is 5.73 Å². The Morgan fingerprint density at radius 2 is 1.35 bits per heavy atom. The number of hydrogen-bond donors (Lipinski definition) is 1. The molecule has 2 aromatic rings. The van der Waals surface area contributed by atoms with E-state index in [4.69, 9.17) is 5.73 Å². The Hall–Kier alpha value is -1.58. The first-order valence-corrected chi connectivity index (χ1v) is 7.75. The van der Waals surface area contributed by atoms with Gasteiger partial charge in [-0.3, -0.25) is 0 Å². The lowest BCUT2D eigenvalue weighted by molar-refractivity contribution is 0.875. The number of nitrogens with zero attached hydrogens (tertiary/aromatic N) is 3. The van der Waals surface area contributed by atoms with Crippen molar-refractivity contribution in [1.29, 1.82) is 0 Å². The van der Waals surface area contributed by atoms with E-state index in [0.717, 1.165) is 16.8 Å². The van der Waals surface area contributed by atoms with Gasteiger partial charge in [0, 0.05) is 5.69 Å². The van der Waals surface area contributed by atoms with Crippen molar-refractivity contribution in [1.82, 2.24) is 14.6 Å². The van der Waals surface area contributed by atoms with Gasteiger partial charge in [-0.1, -0.05) is 55.4 Å². The van der Waals surface area contributed by atoms with Crippen LogP contribution in [-0.2, 0) is 0 Å². The third kappa shape index (κ3) is 6.55. The van der Waals surface area contributed by atoms with Crippen molar-refractivity contribution in [2.24, 2.45) is 0 Å². The van der Waals surface area contributed by atoms with Crippen molar-refractivity contribution in [3.63, 3.8) is 0 Å². The molecule has 20 heavy (non-hydrogen) atoms. The minimum absolute atomic E-state index is 0.538. The largest absolute Gasteiger partial charge is 0.382 e. The van der Waals surface area contributed by atoms with Gasteiger partial charge in [0.1, 0.15) is 11.8 Å². The molecule has 118 valence electrons. The summed E-state index contributed by atoms with van der Waals surface area (Å²) in [6.07, 6.45) is 1.47. The summed E-state index contributed by atoms with van der Waals surface area (Å²) >= 11 is 0. The first kappa shape index (κ1) is 23.5.